The van der Waals surface area contributed by atoms with Crippen LogP contribution in [0.1, 0.15) is 71.6 Å². The van der Waals surface area contributed by atoms with Crippen molar-refractivity contribution in [1.82, 2.24) is 9.97 Å². The number of rotatable bonds is 5. The van der Waals surface area contributed by atoms with E-state index < -0.39 is 0 Å². The van der Waals surface area contributed by atoms with Crippen LogP contribution >= 0.6 is 0 Å². The Morgan fingerprint density at radius 1 is 0.574 bits per heavy atom. The van der Waals surface area contributed by atoms with Crippen LogP contribution in [0.3, 0.4) is 0 Å². The van der Waals surface area contributed by atoms with Crippen molar-refractivity contribution in [1.29, 1.82) is 0 Å². The quantitative estimate of drug-likeness (QED) is 0.183. The first-order chi connectivity index (χ1) is 22.7. The summed E-state index contributed by atoms with van der Waals surface area (Å²) in [5.74, 6) is 2.67. The van der Waals surface area contributed by atoms with Crippen molar-refractivity contribution >= 4 is 23.0 Å². The van der Waals surface area contributed by atoms with Crippen LogP contribution in [-0.2, 0) is 0 Å². The summed E-state index contributed by atoms with van der Waals surface area (Å²) in [5.41, 5.74) is 15.4. The summed E-state index contributed by atoms with van der Waals surface area (Å²) in [4.78, 5) is 16.4. The fraction of sp³-hybridized carbons (Fsp3) is 0.302. The van der Waals surface area contributed by atoms with Crippen LogP contribution in [0.2, 0.25) is 0 Å². The molecule has 47 heavy (non-hydrogen) atoms. The molecule has 238 valence electrons. The lowest BCUT2D eigenvalue weighted by atomic mass is 9.80. The molecule has 3 atom stereocenters. The Kier molecular flexibility index (Phi) is 8.00. The van der Waals surface area contributed by atoms with E-state index in [9.17, 15) is 0 Å². The summed E-state index contributed by atoms with van der Waals surface area (Å²) in [6.45, 7) is 17.8. The third kappa shape index (κ3) is 5.15. The summed E-state index contributed by atoms with van der Waals surface area (Å²) >= 11 is 0. The molecule has 4 aromatic carbocycles. The molecule has 1 aromatic heterocycles. The van der Waals surface area contributed by atoms with Gasteiger partial charge in [-0.25, -0.2) is 9.97 Å². The van der Waals surface area contributed by atoms with Gasteiger partial charge in [-0.1, -0.05) is 91.7 Å². The van der Waals surface area contributed by atoms with Crippen molar-refractivity contribution in [3.63, 3.8) is 0 Å². The predicted octanol–water partition coefficient (Wildman–Crippen LogP) is 11.4. The topological polar surface area (TPSA) is 32.3 Å². The van der Waals surface area contributed by atoms with Gasteiger partial charge in [0.25, 0.3) is 0 Å². The average molecular weight is 619 g/mol. The number of hydrogen-bond acceptors (Lipinski definition) is 4. The van der Waals surface area contributed by atoms with E-state index in [0.29, 0.717) is 11.8 Å². The van der Waals surface area contributed by atoms with Gasteiger partial charge >= 0.3 is 0 Å². The highest BCUT2D eigenvalue weighted by molar-refractivity contribution is 5.92. The molecule has 4 nitrogen and oxygen atoms in total. The number of allylic oxidation sites excluding steroid dienone is 1. The van der Waals surface area contributed by atoms with Crippen LogP contribution in [0.4, 0.5) is 23.0 Å². The highest BCUT2D eigenvalue weighted by Crippen LogP contribution is 2.52. The van der Waals surface area contributed by atoms with Crippen molar-refractivity contribution in [2.24, 2.45) is 5.92 Å². The van der Waals surface area contributed by atoms with Crippen molar-refractivity contribution in [3.8, 4) is 22.5 Å². The minimum absolute atomic E-state index is 0.107. The molecule has 0 spiro atoms. The van der Waals surface area contributed by atoms with Gasteiger partial charge in [0, 0.05) is 22.5 Å². The maximum Gasteiger partial charge on any atom is 0.179 e. The summed E-state index contributed by atoms with van der Waals surface area (Å²) < 4.78 is 0. The molecular weight excluding hydrogens is 573 g/mol. The van der Waals surface area contributed by atoms with Crippen molar-refractivity contribution in [2.45, 2.75) is 80.3 Å². The molecule has 4 heteroatoms. The van der Waals surface area contributed by atoms with Gasteiger partial charge in [-0.05, 0) is 118 Å². The standard InChI is InChI=1S/C43H46N4/c1-9-32-20-21-37-46(33-16-12-11-13-17-33)42-43(47(37)36-19-15-14-18-35(36)34(32)10-2)45-41(39-30(7)24-27(4)25-31(39)8)40(44-42)38-28(5)22-26(3)23-29(38)6/h11-25,32,34,37H,9-10H2,1-8H3. The number of hydrogen-bond donors (Lipinski definition) is 0. The average Bonchev–Trinajstić information content (AvgIpc) is 3.34. The highest BCUT2D eigenvalue weighted by atomic mass is 15.5. The van der Waals surface area contributed by atoms with Gasteiger partial charge in [0.15, 0.2) is 11.6 Å². The van der Waals surface area contributed by atoms with Crippen LogP contribution in [-0.4, -0.2) is 16.1 Å². The number of anilines is 4. The lowest BCUT2D eigenvalue weighted by Gasteiger charge is -2.36. The monoisotopic (exact) mass is 618 g/mol. The molecule has 2 aliphatic rings. The van der Waals surface area contributed by atoms with Gasteiger partial charge in [-0.2, -0.15) is 0 Å². The number of fused-ring (bicyclic) bond motifs is 5. The van der Waals surface area contributed by atoms with E-state index in [-0.39, 0.29) is 6.17 Å². The number of aromatic nitrogens is 2. The lowest BCUT2D eigenvalue weighted by Crippen LogP contribution is -2.38. The second-order valence-electron chi connectivity index (χ2n) is 13.6. The SMILES string of the molecule is CCC1C=CC2N(c3ccccc3)c3nc(-c4c(C)cc(C)cc4C)c(-c4c(C)cc(C)cc4C)nc3N2c2ccccc2C1CC. The zero-order chi connectivity index (χ0) is 33.0. The Balaban J connectivity index is 1.61. The number of nitrogens with zero attached hydrogens (tertiary/aromatic N) is 4. The number of aryl methyl sites for hydroxylation is 6. The Labute approximate surface area is 280 Å². The summed E-state index contributed by atoms with van der Waals surface area (Å²) in [6.07, 6.45) is 6.94. The van der Waals surface area contributed by atoms with Crippen LogP contribution in [0.15, 0.2) is 91.0 Å². The maximum absolute atomic E-state index is 5.77. The molecule has 0 fully saturated rings. The summed E-state index contributed by atoms with van der Waals surface area (Å²) in [5, 5.41) is 0. The van der Waals surface area contributed by atoms with Crippen molar-refractivity contribution in [3.05, 3.63) is 130 Å². The first kappa shape index (κ1) is 30.9. The molecule has 0 aliphatic carbocycles. The Bertz CT molecular complexity index is 1960. The molecule has 5 aromatic rings. The first-order valence-corrected chi connectivity index (χ1v) is 17.2. The Morgan fingerprint density at radius 3 is 1.62 bits per heavy atom. The van der Waals surface area contributed by atoms with Gasteiger partial charge in [0.1, 0.15) is 6.17 Å². The van der Waals surface area contributed by atoms with E-state index >= 15 is 0 Å². The first-order valence-electron chi connectivity index (χ1n) is 17.2. The van der Waals surface area contributed by atoms with Crippen LogP contribution in [0.5, 0.6) is 0 Å². The number of benzene rings is 4. The molecule has 7 rings (SSSR count). The third-order valence-corrected chi connectivity index (χ3v) is 10.3. The van der Waals surface area contributed by atoms with Crippen LogP contribution in [0, 0.1) is 47.5 Å². The number of para-hydroxylation sites is 2. The minimum Gasteiger partial charge on any atom is -0.298 e. The van der Waals surface area contributed by atoms with E-state index in [1.54, 1.807) is 0 Å². The Morgan fingerprint density at radius 2 is 1.09 bits per heavy atom. The van der Waals surface area contributed by atoms with E-state index in [0.717, 1.165) is 41.6 Å². The second-order valence-corrected chi connectivity index (χ2v) is 13.6. The molecule has 2 aliphatic heterocycles. The molecule has 0 bridgehead atoms. The zero-order valence-corrected chi connectivity index (χ0v) is 29.1. The smallest absolute Gasteiger partial charge is 0.179 e. The van der Waals surface area contributed by atoms with E-state index in [1.807, 2.05) is 0 Å². The van der Waals surface area contributed by atoms with Gasteiger partial charge in [-0.15, -0.1) is 0 Å². The molecule has 0 radical (unpaired) electrons. The molecule has 3 heterocycles. The van der Waals surface area contributed by atoms with Gasteiger partial charge < -0.3 is 0 Å². The molecule has 0 saturated carbocycles. The van der Waals surface area contributed by atoms with Crippen molar-refractivity contribution < 1.29 is 0 Å². The summed E-state index contributed by atoms with van der Waals surface area (Å²) in [6, 6.07) is 28.8. The minimum atomic E-state index is -0.107. The molecular formula is C43H46N4. The van der Waals surface area contributed by atoms with Gasteiger partial charge in [-0.3, -0.25) is 9.80 Å². The van der Waals surface area contributed by atoms with E-state index in [1.165, 1.54) is 55.8 Å². The van der Waals surface area contributed by atoms with Crippen molar-refractivity contribution in [2.75, 3.05) is 9.80 Å². The Hall–Kier alpha value is -4.70. The maximum atomic E-state index is 5.77. The normalized spacial score (nSPS) is 18.4. The second kappa shape index (κ2) is 12.2. The fourth-order valence-corrected chi connectivity index (χ4v) is 8.43. The highest BCUT2D eigenvalue weighted by Gasteiger charge is 2.43. The molecule has 3 unspecified atom stereocenters. The van der Waals surface area contributed by atoms with E-state index in [4.69, 9.17) is 9.97 Å². The zero-order valence-electron chi connectivity index (χ0n) is 29.1. The molecule has 0 saturated heterocycles. The van der Waals surface area contributed by atoms with E-state index in [2.05, 4.69) is 156 Å². The molecule has 0 N–H and O–H groups in total. The van der Waals surface area contributed by atoms with Crippen LogP contribution in [0.25, 0.3) is 22.5 Å². The third-order valence-electron chi connectivity index (χ3n) is 10.3. The fourth-order valence-electron chi connectivity index (χ4n) is 8.43. The van der Waals surface area contributed by atoms with Gasteiger partial charge in [0.2, 0.25) is 0 Å². The van der Waals surface area contributed by atoms with Gasteiger partial charge in [0.05, 0.1) is 11.4 Å². The molecule has 0 amide bonds. The largest absolute Gasteiger partial charge is 0.298 e. The van der Waals surface area contributed by atoms with Crippen LogP contribution < -0.4 is 9.80 Å². The summed E-state index contributed by atoms with van der Waals surface area (Å²) in [7, 11) is 0. The lowest BCUT2D eigenvalue weighted by molar-refractivity contribution is 0.474. The predicted molar refractivity (Wildman–Crippen MR) is 198 cm³/mol.